The standard InChI is InChI=1S/2C18H25NO2.C11H12O.C7H13NO.Na.H/c2*20-18(16-6-7-16,15-4-2-1-3-5-15)13-21-17-12-19-10-8-14(17)9-11-19;1-2-4-9(5-3-1)11(8-12-11)10-6-7-10;9-7-5-8-3-1-6(7)2-4-8;;/h2*1-5,14,16-17,20H,6-13H2;1-5,10H,6-8H2;6-7,9H,1-5H2;;/q;;;;+1;-1/t17-,18+;17-,18-;;7-;;/m00.0../s1. The van der Waals surface area contributed by atoms with Crippen LogP contribution in [0.4, 0.5) is 0 Å². The molecule has 0 spiro atoms. The maximum Gasteiger partial charge on any atom is 1.00 e. The maximum atomic E-state index is 11.2. The van der Waals surface area contributed by atoms with E-state index < -0.39 is 11.2 Å². The molecule has 1 unspecified atom stereocenters. The maximum absolute atomic E-state index is 11.2. The minimum absolute atomic E-state index is 0. The fourth-order valence-corrected chi connectivity index (χ4v) is 12.0. The number of nitrogens with zero attached hydrogens (tertiary/aromatic N) is 3. The van der Waals surface area contributed by atoms with Gasteiger partial charge >= 0.3 is 29.6 Å². The minimum atomic E-state index is -0.784. The Morgan fingerprint density at radius 2 is 0.906 bits per heavy atom. The van der Waals surface area contributed by atoms with Crippen LogP contribution in [0.3, 0.4) is 0 Å². The Kier molecular flexibility index (Phi) is 15.5. The molecule has 0 radical (unpaired) electrons. The second-order valence-electron chi connectivity index (χ2n) is 21.1. The van der Waals surface area contributed by atoms with Gasteiger partial charge in [0.15, 0.2) is 0 Å². The van der Waals surface area contributed by atoms with Crippen molar-refractivity contribution in [1.82, 2.24) is 14.7 Å². The third kappa shape index (κ3) is 11.1. The number of benzene rings is 3. The van der Waals surface area contributed by atoms with Gasteiger partial charge < -0.3 is 45.7 Å². The number of fused-ring (bicyclic) bond motifs is 9. The first-order valence-corrected chi connectivity index (χ1v) is 25.1. The molecule has 13 fully saturated rings. The smallest absolute Gasteiger partial charge is 1.00 e. The third-order valence-electron chi connectivity index (χ3n) is 16.9. The molecule has 10 saturated heterocycles. The largest absolute Gasteiger partial charge is 1.00 e. The van der Waals surface area contributed by atoms with E-state index in [4.69, 9.17) is 14.2 Å². The predicted octanol–water partition coefficient (Wildman–Crippen LogP) is 4.30. The Morgan fingerprint density at radius 3 is 1.19 bits per heavy atom. The van der Waals surface area contributed by atoms with Gasteiger partial charge in [0.25, 0.3) is 0 Å². The van der Waals surface area contributed by atoms with Gasteiger partial charge in [0.1, 0.15) is 16.8 Å². The molecule has 344 valence electrons. The number of epoxide rings is 1. The van der Waals surface area contributed by atoms with Crippen LogP contribution in [0.25, 0.3) is 0 Å². The molecular weight excluding hydrogens is 810 g/mol. The fraction of sp³-hybridized carbons (Fsp3) is 0.667. The summed E-state index contributed by atoms with van der Waals surface area (Å²) in [7, 11) is 0. The quantitative estimate of drug-likeness (QED) is 0.182. The molecular formula is C54H76N3NaO6. The van der Waals surface area contributed by atoms with Crippen molar-refractivity contribution in [2.24, 2.45) is 35.5 Å². The SMILES string of the molecule is O[C@@](CO[C@H]1CN2CCC1CC2)(c1ccccc1)C1CC1.O[C@H]1CN2CCC1CC2.O[C@](CO[C@H]1CN2CCC1CC2)(c1ccccc1)C1CC1.[H-].[Na+].c1ccc(C2(C3CC3)CO2)cc1. The van der Waals surface area contributed by atoms with E-state index >= 15 is 0 Å². The third-order valence-corrected chi connectivity index (χ3v) is 16.9. The van der Waals surface area contributed by atoms with Crippen LogP contribution in [0, 0.1) is 35.5 Å². The number of piperidine rings is 9. The van der Waals surface area contributed by atoms with Gasteiger partial charge in [0, 0.05) is 19.6 Å². The zero-order valence-corrected chi connectivity index (χ0v) is 40.7. The number of hydrogen-bond acceptors (Lipinski definition) is 9. The fourth-order valence-electron chi connectivity index (χ4n) is 12.0. The average molecular weight is 886 g/mol. The van der Waals surface area contributed by atoms with E-state index in [-0.39, 0.29) is 42.7 Å². The van der Waals surface area contributed by atoms with Crippen LogP contribution in [0.5, 0.6) is 0 Å². The van der Waals surface area contributed by atoms with Crippen molar-refractivity contribution in [1.29, 1.82) is 0 Å². The minimum Gasteiger partial charge on any atom is -1.00 e. The Balaban J connectivity index is 0.000000123. The summed E-state index contributed by atoms with van der Waals surface area (Å²) < 4.78 is 18.1. The monoisotopic (exact) mass is 886 g/mol. The van der Waals surface area contributed by atoms with Crippen molar-refractivity contribution in [3.05, 3.63) is 108 Å². The average Bonchev–Trinajstić information content (AvgIpc) is 4.14. The van der Waals surface area contributed by atoms with Crippen molar-refractivity contribution < 1.29 is 60.5 Å². The zero-order valence-electron chi connectivity index (χ0n) is 39.7. The summed E-state index contributed by atoms with van der Waals surface area (Å²) in [5.41, 5.74) is 2.01. The number of rotatable bonds is 12. The molecule has 10 heteroatoms. The van der Waals surface area contributed by atoms with E-state index in [9.17, 15) is 15.3 Å². The molecule has 9 nitrogen and oxygen atoms in total. The van der Waals surface area contributed by atoms with Crippen LogP contribution in [0.2, 0.25) is 0 Å². The van der Waals surface area contributed by atoms with Crippen molar-refractivity contribution in [2.45, 2.75) is 112 Å². The van der Waals surface area contributed by atoms with Crippen LogP contribution in [0.15, 0.2) is 91.0 Å². The Morgan fingerprint density at radius 1 is 0.531 bits per heavy atom. The van der Waals surface area contributed by atoms with Crippen LogP contribution in [-0.4, -0.2) is 127 Å². The van der Waals surface area contributed by atoms with Crippen molar-refractivity contribution in [3.8, 4) is 0 Å². The van der Waals surface area contributed by atoms with Crippen molar-refractivity contribution in [3.63, 3.8) is 0 Å². The molecule has 3 aromatic carbocycles. The molecule has 64 heavy (non-hydrogen) atoms. The molecule has 3 aromatic rings. The first-order chi connectivity index (χ1) is 30.8. The van der Waals surface area contributed by atoms with E-state index in [1.54, 1.807) is 0 Å². The van der Waals surface area contributed by atoms with E-state index in [0.29, 0.717) is 55.0 Å². The number of aliphatic hydroxyl groups excluding tert-OH is 1. The summed E-state index contributed by atoms with van der Waals surface area (Å²) in [6.45, 7) is 12.3. The Hall–Kier alpha value is -1.70. The van der Waals surface area contributed by atoms with Gasteiger partial charge in [-0.05, 0) is 169 Å². The number of hydrogen-bond donors (Lipinski definition) is 3. The zero-order chi connectivity index (χ0) is 42.9. The van der Waals surface area contributed by atoms with Gasteiger partial charge in [-0.1, -0.05) is 91.0 Å². The summed E-state index contributed by atoms with van der Waals surface area (Å²) in [5, 5.41) is 31.7. The first-order valence-electron chi connectivity index (χ1n) is 25.1. The second-order valence-corrected chi connectivity index (χ2v) is 21.1. The number of ether oxygens (including phenoxy) is 3. The van der Waals surface area contributed by atoms with Gasteiger partial charge in [0.05, 0.1) is 38.1 Å². The molecule has 6 bridgehead atoms. The van der Waals surface area contributed by atoms with E-state index in [2.05, 4.69) is 45.0 Å². The molecule has 0 aromatic heterocycles. The van der Waals surface area contributed by atoms with Crippen LogP contribution in [-0.2, 0) is 31.0 Å². The molecule has 3 aliphatic carbocycles. The normalized spacial score (nSPS) is 36.0. The van der Waals surface area contributed by atoms with Gasteiger partial charge in [-0.25, -0.2) is 0 Å². The van der Waals surface area contributed by atoms with E-state index in [1.165, 1.54) is 96.2 Å². The van der Waals surface area contributed by atoms with Gasteiger partial charge in [-0.15, -0.1) is 0 Å². The van der Waals surface area contributed by atoms with Gasteiger partial charge in [0.2, 0.25) is 0 Å². The molecule has 10 aliphatic heterocycles. The van der Waals surface area contributed by atoms with Crippen molar-refractivity contribution >= 4 is 0 Å². The molecule has 6 atom stereocenters. The topological polar surface area (TPSA) is 101 Å². The summed E-state index contributed by atoms with van der Waals surface area (Å²) in [6, 6.07) is 30.8. The van der Waals surface area contributed by atoms with Crippen molar-refractivity contribution in [2.75, 3.05) is 78.7 Å². The summed E-state index contributed by atoms with van der Waals surface area (Å²) >= 11 is 0. The molecule has 10 heterocycles. The second kappa shape index (κ2) is 20.9. The molecule has 3 saturated carbocycles. The Labute approximate surface area is 407 Å². The summed E-state index contributed by atoms with van der Waals surface area (Å²) in [6.07, 6.45) is 15.3. The Bertz CT molecular complexity index is 1790. The molecule has 13 aliphatic rings. The molecule has 16 rings (SSSR count). The summed E-state index contributed by atoms with van der Waals surface area (Å²) in [4.78, 5) is 7.36. The molecule has 0 amide bonds. The van der Waals surface area contributed by atoms with Crippen LogP contribution < -0.4 is 29.6 Å². The molecule has 3 N–H and O–H groups in total. The predicted molar refractivity (Wildman–Crippen MR) is 247 cm³/mol. The summed E-state index contributed by atoms with van der Waals surface area (Å²) in [5.74, 6) is 3.61. The van der Waals surface area contributed by atoms with Crippen LogP contribution >= 0.6 is 0 Å². The first kappa shape index (κ1) is 47.4. The van der Waals surface area contributed by atoms with E-state index in [1.807, 2.05) is 60.7 Å². The van der Waals surface area contributed by atoms with Crippen LogP contribution in [0.1, 0.15) is 95.2 Å². The van der Waals surface area contributed by atoms with E-state index in [0.717, 1.165) is 69.0 Å². The number of aliphatic hydroxyl groups is 3. The van der Waals surface area contributed by atoms with Gasteiger partial charge in [-0.3, -0.25) is 0 Å². The van der Waals surface area contributed by atoms with Gasteiger partial charge in [-0.2, -0.15) is 0 Å².